The third-order valence-electron chi connectivity index (χ3n) is 6.47. The Labute approximate surface area is 184 Å². The quantitative estimate of drug-likeness (QED) is 0.570. The second-order valence-electron chi connectivity index (χ2n) is 8.44. The van der Waals surface area contributed by atoms with Crippen molar-refractivity contribution in [3.63, 3.8) is 0 Å². The summed E-state index contributed by atoms with van der Waals surface area (Å²) in [5, 5.41) is 3.04. The van der Waals surface area contributed by atoms with E-state index >= 15 is 0 Å². The molecule has 2 aromatic rings. The molecule has 0 spiro atoms. The number of aldehydes is 1. The van der Waals surface area contributed by atoms with E-state index in [4.69, 9.17) is 4.74 Å². The van der Waals surface area contributed by atoms with Crippen molar-refractivity contribution in [3.8, 4) is 5.75 Å². The third-order valence-corrected chi connectivity index (χ3v) is 6.47. The lowest BCUT2D eigenvalue weighted by atomic mass is 9.62. The maximum absolute atomic E-state index is 13.6. The predicted octanol–water partition coefficient (Wildman–Crippen LogP) is 5.13. The van der Waals surface area contributed by atoms with Crippen LogP contribution in [0.15, 0.2) is 43.1 Å². The molecule has 1 heterocycles. The molecule has 31 heavy (non-hydrogen) atoms. The highest BCUT2D eigenvalue weighted by molar-refractivity contribution is 5.93. The summed E-state index contributed by atoms with van der Waals surface area (Å²) in [6, 6.07) is 10.1. The van der Waals surface area contributed by atoms with E-state index in [1.54, 1.807) is 12.3 Å². The summed E-state index contributed by atoms with van der Waals surface area (Å²) in [6.45, 7) is 7.77. The number of hydrogen-bond donors (Lipinski definition) is 1. The van der Waals surface area contributed by atoms with E-state index in [2.05, 4.69) is 35.9 Å². The summed E-state index contributed by atoms with van der Waals surface area (Å²) in [5.41, 5.74) is 2.54. The normalized spacial score (nSPS) is 21.7. The Morgan fingerprint density at radius 1 is 1.35 bits per heavy atom. The fourth-order valence-corrected chi connectivity index (χ4v) is 4.77. The van der Waals surface area contributed by atoms with Crippen LogP contribution >= 0.6 is 0 Å². The van der Waals surface area contributed by atoms with Gasteiger partial charge < -0.3 is 14.8 Å². The largest absolute Gasteiger partial charge is 0.489 e. The summed E-state index contributed by atoms with van der Waals surface area (Å²) in [4.78, 5) is 29.0. The van der Waals surface area contributed by atoms with E-state index in [-0.39, 0.29) is 24.2 Å². The molecule has 3 rings (SSSR count). The lowest BCUT2D eigenvalue weighted by Gasteiger charge is -2.41. The van der Waals surface area contributed by atoms with Crippen LogP contribution in [-0.4, -0.2) is 30.2 Å². The fourth-order valence-electron chi connectivity index (χ4n) is 4.77. The number of nitrogens with zero attached hydrogens (tertiary/aromatic N) is 1. The molecule has 5 nitrogen and oxygen atoms in total. The van der Waals surface area contributed by atoms with Gasteiger partial charge in [-0.05, 0) is 49.8 Å². The van der Waals surface area contributed by atoms with Crippen LogP contribution in [-0.2, 0) is 15.0 Å². The van der Waals surface area contributed by atoms with Crippen molar-refractivity contribution in [2.75, 3.05) is 12.4 Å². The van der Waals surface area contributed by atoms with Gasteiger partial charge in [0.05, 0.1) is 17.7 Å². The number of hydrogen-bond acceptors (Lipinski definition) is 5. The van der Waals surface area contributed by atoms with Gasteiger partial charge in [0.15, 0.2) is 0 Å². The van der Waals surface area contributed by atoms with Crippen LogP contribution in [0.1, 0.15) is 55.7 Å². The number of ether oxygens (including phenoxy) is 1. The van der Waals surface area contributed by atoms with Crippen LogP contribution in [0, 0.1) is 12.8 Å². The molecule has 0 bridgehead atoms. The second-order valence-corrected chi connectivity index (χ2v) is 8.44. The zero-order valence-electron chi connectivity index (χ0n) is 18.7. The Hall–Kier alpha value is -2.95. The maximum Gasteiger partial charge on any atom is 0.146 e. The first kappa shape index (κ1) is 22.7. The first-order valence-corrected chi connectivity index (χ1v) is 11.0. The van der Waals surface area contributed by atoms with E-state index in [0.717, 1.165) is 41.6 Å². The molecule has 1 N–H and O–H groups in total. The highest BCUT2D eigenvalue weighted by atomic mass is 16.5. The molecule has 1 saturated carbocycles. The first-order chi connectivity index (χ1) is 14.9. The van der Waals surface area contributed by atoms with Gasteiger partial charge in [-0.2, -0.15) is 0 Å². The lowest BCUT2D eigenvalue weighted by molar-refractivity contribution is -0.131. The van der Waals surface area contributed by atoms with Gasteiger partial charge in [0.1, 0.15) is 23.6 Å². The fraction of sp³-hybridized carbons (Fsp3) is 0.423. The Balaban J connectivity index is 1.82. The summed E-state index contributed by atoms with van der Waals surface area (Å²) in [7, 11) is 1.82. The van der Waals surface area contributed by atoms with Crippen LogP contribution in [0.4, 0.5) is 5.82 Å². The average Bonchev–Trinajstić information content (AvgIpc) is 2.79. The van der Waals surface area contributed by atoms with E-state index in [9.17, 15) is 9.59 Å². The molecule has 1 aromatic carbocycles. The lowest BCUT2D eigenvalue weighted by Crippen LogP contribution is -2.45. The highest BCUT2D eigenvalue weighted by Gasteiger charge is 2.45. The van der Waals surface area contributed by atoms with Crippen molar-refractivity contribution in [2.24, 2.45) is 5.92 Å². The molecule has 0 amide bonds. The van der Waals surface area contributed by atoms with Gasteiger partial charge in [0, 0.05) is 24.9 Å². The minimum absolute atomic E-state index is 0.0196. The molecule has 1 aliphatic rings. The Morgan fingerprint density at radius 3 is 2.68 bits per heavy atom. The first-order valence-electron chi connectivity index (χ1n) is 11.0. The molecule has 1 fully saturated rings. The number of aromatic nitrogens is 1. The number of carbonyl (C=O) groups is 2. The van der Waals surface area contributed by atoms with Crippen LogP contribution < -0.4 is 10.1 Å². The van der Waals surface area contributed by atoms with Crippen molar-refractivity contribution in [3.05, 3.63) is 59.8 Å². The minimum atomic E-state index is -0.561. The number of rotatable bonds is 9. The van der Waals surface area contributed by atoms with E-state index < -0.39 is 5.41 Å². The molecule has 1 atom stereocenters. The number of Topliss-reactive ketones (excluding diaryl/α,β-unsaturated/α-hetero) is 1. The number of benzene rings is 1. The van der Waals surface area contributed by atoms with Crippen LogP contribution in [0.5, 0.6) is 5.75 Å². The molecule has 164 valence electrons. The van der Waals surface area contributed by atoms with Crippen molar-refractivity contribution in [2.45, 2.75) is 57.5 Å². The van der Waals surface area contributed by atoms with Gasteiger partial charge >= 0.3 is 0 Å². The SMILES string of the molecule is C=Cc1cc(OC2CCC(C(=O)C(C)CC=O)(c3ccccc3C)CC2)cnc1NC. The van der Waals surface area contributed by atoms with Gasteiger partial charge in [-0.1, -0.05) is 43.8 Å². The highest BCUT2D eigenvalue weighted by Crippen LogP contribution is 2.44. The maximum atomic E-state index is 13.6. The predicted molar refractivity (Wildman–Crippen MR) is 124 cm³/mol. The number of aryl methyl sites for hydroxylation is 1. The van der Waals surface area contributed by atoms with E-state index in [1.807, 2.05) is 32.2 Å². The smallest absolute Gasteiger partial charge is 0.146 e. The van der Waals surface area contributed by atoms with E-state index in [0.29, 0.717) is 18.6 Å². The summed E-state index contributed by atoms with van der Waals surface area (Å²) >= 11 is 0. The molecule has 0 radical (unpaired) electrons. The van der Waals surface area contributed by atoms with Gasteiger partial charge in [0.2, 0.25) is 0 Å². The second kappa shape index (κ2) is 9.90. The van der Waals surface area contributed by atoms with Crippen molar-refractivity contribution >= 4 is 24.0 Å². The molecule has 5 heteroatoms. The number of pyridine rings is 1. The van der Waals surface area contributed by atoms with Gasteiger partial charge in [-0.25, -0.2) is 4.98 Å². The molecule has 1 unspecified atom stereocenters. The van der Waals surface area contributed by atoms with E-state index in [1.165, 1.54) is 0 Å². The summed E-state index contributed by atoms with van der Waals surface area (Å²) < 4.78 is 6.24. The molecule has 1 aliphatic carbocycles. The molecule has 0 saturated heterocycles. The number of anilines is 1. The summed E-state index contributed by atoms with van der Waals surface area (Å²) in [5.74, 6) is 1.35. The Kier molecular flexibility index (Phi) is 7.26. The summed E-state index contributed by atoms with van der Waals surface area (Å²) in [6.07, 6.45) is 7.56. The number of nitrogens with one attached hydrogen (secondary N) is 1. The number of ketones is 1. The van der Waals surface area contributed by atoms with Crippen LogP contribution in [0.2, 0.25) is 0 Å². The molecule has 0 aliphatic heterocycles. The molecule has 1 aromatic heterocycles. The van der Waals surface area contributed by atoms with Gasteiger partial charge in [-0.15, -0.1) is 0 Å². The Morgan fingerprint density at radius 2 is 2.06 bits per heavy atom. The Bertz CT molecular complexity index is 945. The zero-order chi connectivity index (χ0) is 22.4. The average molecular weight is 421 g/mol. The number of carbonyl (C=O) groups excluding carboxylic acids is 2. The van der Waals surface area contributed by atoms with Crippen LogP contribution in [0.3, 0.4) is 0 Å². The van der Waals surface area contributed by atoms with Gasteiger partial charge in [-0.3, -0.25) is 4.79 Å². The standard InChI is InChI=1S/C26H32N2O3/c1-5-20-16-22(17-28-25(20)27-4)31-21-10-13-26(14-11-21,24(30)19(3)12-15-29)23-9-7-6-8-18(23)2/h5-9,15-17,19,21H,1,10-14H2,2-4H3,(H,27,28). The zero-order valence-corrected chi connectivity index (χ0v) is 18.7. The topological polar surface area (TPSA) is 68.3 Å². The molecular formula is C26H32N2O3. The van der Waals surface area contributed by atoms with Gasteiger partial charge in [0.25, 0.3) is 0 Å². The van der Waals surface area contributed by atoms with Crippen molar-refractivity contribution in [1.29, 1.82) is 0 Å². The van der Waals surface area contributed by atoms with Crippen molar-refractivity contribution in [1.82, 2.24) is 4.98 Å². The monoisotopic (exact) mass is 420 g/mol. The molecular weight excluding hydrogens is 388 g/mol. The third kappa shape index (κ3) is 4.71. The van der Waals surface area contributed by atoms with Crippen molar-refractivity contribution < 1.29 is 14.3 Å². The van der Waals surface area contributed by atoms with Crippen LogP contribution in [0.25, 0.3) is 6.08 Å². The minimum Gasteiger partial charge on any atom is -0.489 e.